The van der Waals surface area contributed by atoms with Crippen molar-refractivity contribution in [1.29, 1.82) is 0 Å². The number of imidazole rings is 1. The Morgan fingerprint density at radius 1 is 1.45 bits per heavy atom. The van der Waals surface area contributed by atoms with E-state index >= 15 is 0 Å². The van der Waals surface area contributed by atoms with Crippen LogP contribution in [0.3, 0.4) is 0 Å². The topological polar surface area (TPSA) is 64.2 Å². The molecule has 22 heavy (non-hydrogen) atoms. The van der Waals surface area contributed by atoms with Crippen molar-refractivity contribution in [1.82, 2.24) is 14.5 Å². The van der Waals surface area contributed by atoms with E-state index in [0.717, 1.165) is 37.3 Å². The molecule has 1 aromatic carbocycles. The first-order chi connectivity index (χ1) is 10.6. The van der Waals surface area contributed by atoms with Crippen molar-refractivity contribution in [2.45, 2.75) is 25.4 Å². The number of primary amides is 1. The molecular weight excluding hydrogens is 276 g/mol. The third kappa shape index (κ3) is 3.04. The van der Waals surface area contributed by atoms with E-state index in [1.165, 1.54) is 0 Å². The number of nitrogens with two attached hydrogens (primary N) is 1. The molecule has 2 aromatic rings. The molecule has 0 bridgehead atoms. The van der Waals surface area contributed by atoms with Gasteiger partial charge in [-0.25, -0.2) is 4.98 Å². The lowest BCUT2D eigenvalue weighted by atomic mass is 9.97. The Bertz CT molecular complexity index is 637. The fourth-order valence-corrected chi connectivity index (χ4v) is 3.37. The second kappa shape index (κ2) is 6.32. The molecule has 0 saturated carbocycles. The molecule has 1 amide bonds. The van der Waals surface area contributed by atoms with Crippen molar-refractivity contribution in [2.75, 3.05) is 13.6 Å². The molecule has 2 unspecified atom stereocenters. The van der Waals surface area contributed by atoms with Crippen molar-refractivity contribution >= 4 is 5.91 Å². The van der Waals surface area contributed by atoms with E-state index in [1.807, 2.05) is 49.8 Å². The van der Waals surface area contributed by atoms with Gasteiger partial charge in [-0.3, -0.25) is 9.69 Å². The van der Waals surface area contributed by atoms with Crippen molar-refractivity contribution in [3.05, 3.63) is 54.1 Å². The van der Waals surface area contributed by atoms with Gasteiger partial charge in [-0.1, -0.05) is 30.3 Å². The fourth-order valence-electron chi connectivity index (χ4n) is 3.37. The van der Waals surface area contributed by atoms with Crippen molar-refractivity contribution in [2.24, 2.45) is 11.7 Å². The maximum absolute atomic E-state index is 11.9. The Labute approximate surface area is 130 Å². The molecular formula is C17H22N4O. The van der Waals surface area contributed by atoms with Gasteiger partial charge in [0.05, 0.1) is 0 Å². The number of fused-ring (bicyclic) bond motifs is 1. The number of rotatable bonds is 5. The van der Waals surface area contributed by atoms with E-state index in [-0.39, 0.29) is 11.9 Å². The standard InChI is InChI=1S/C17H22N4O/c1-20(16(17(18)22)14-5-3-2-4-6-14)11-13-7-8-15-19-9-10-21(15)12-13/h2-6,9-10,13,16H,7-8,11-12H2,1H3,(H2,18,22). The van der Waals surface area contributed by atoms with E-state index in [4.69, 9.17) is 5.73 Å². The number of aryl methyl sites for hydroxylation is 1. The fraction of sp³-hybridized carbons (Fsp3) is 0.412. The van der Waals surface area contributed by atoms with Crippen molar-refractivity contribution in [3.63, 3.8) is 0 Å². The maximum Gasteiger partial charge on any atom is 0.239 e. The van der Waals surface area contributed by atoms with Crippen molar-refractivity contribution in [3.8, 4) is 0 Å². The van der Waals surface area contributed by atoms with Crippen LogP contribution in [0.25, 0.3) is 0 Å². The van der Waals surface area contributed by atoms with Crippen LogP contribution in [0.15, 0.2) is 42.7 Å². The molecule has 0 fully saturated rings. The first-order valence-electron chi connectivity index (χ1n) is 7.69. The zero-order chi connectivity index (χ0) is 15.5. The molecule has 0 radical (unpaired) electrons. The van der Waals surface area contributed by atoms with E-state index in [1.54, 1.807) is 0 Å². The third-order valence-electron chi connectivity index (χ3n) is 4.40. The number of nitrogens with zero attached hydrogens (tertiary/aromatic N) is 3. The van der Waals surface area contributed by atoms with E-state index in [9.17, 15) is 4.79 Å². The Morgan fingerprint density at radius 2 is 2.23 bits per heavy atom. The predicted molar refractivity (Wildman–Crippen MR) is 85.0 cm³/mol. The first kappa shape index (κ1) is 14.8. The normalized spacial score (nSPS) is 18.9. The van der Waals surface area contributed by atoms with Crippen LogP contribution < -0.4 is 5.73 Å². The minimum Gasteiger partial charge on any atom is -0.368 e. The largest absolute Gasteiger partial charge is 0.368 e. The van der Waals surface area contributed by atoms with Gasteiger partial charge >= 0.3 is 0 Å². The van der Waals surface area contributed by atoms with Crippen LogP contribution >= 0.6 is 0 Å². The van der Waals surface area contributed by atoms with Crippen LogP contribution in [-0.2, 0) is 17.8 Å². The molecule has 0 aliphatic carbocycles. The van der Waals surface area contributed by atoms with Crippen LogP contribution in [-0.4, -0.2) is 34.0 Å². The van der Waals surface area contributed by atoms with Gasteiger partial charge < -0.3 is 10.3 Å². The summed E-state index contributed by atoms with van der Waals surface area (Å²) in [5, 5.41) is 0. The summed E-state index contributed by atoms with van der Waals surface area (Å²) in [4.78, 5) is 18.3. The molecule has 1 aliphatic rings. The van der Waals surface area contributed by atoms with Gasteiger partial charge in [0, 0.05) is 31.9 Å². The van der Waals surface area contributed by atoms with Gasteiger partial charge in [0.2, 0.25) is 5.91 Å². The monoisotopic (exact) mass is 298 g/mol. The summed E-state index contributed by atoms with van der Waals surface area (Å²) in [7, 11) is 1.98. The summed E-state index contributed by atoms with van der Waals surface area (Å²) in [6.07, 6.45) is 5.99. The average molecular weight is 298 g/mol. The first-order valence-corrected chi connectivity index (χ1v) is 7.69. The van der Waals surface area contributed by atoms with Crippen LogP contribution in [0.4, 0.5) is 0 Å². The minimum atomic E-state index is -0.370. The van der Waals surface area contributed by atoms with Gasteiger partial charge in [-0.15, -0.1) is 0 Å². The van der Waals surface area contributed by atoms with Gasteiger partial charge in [0.25, 0.3) is 0 Å². The molecule has 1 aromatic heterocycles. The number of likely N-dealkylation sites (N-methyl/N-ethyl adjacent to an activating group) is 1. The molecule has 2 heterocycles. The zero-order valence-electron chi connectivity index (χ0n) is 12.9. The molecule has 3 rings (SSSR count). The smallest absolute Gasteiger partial charge is 0.239 e. The molecule has 0 saturated heterocycles. The third-order valence-corrected chi connectivity index (χ3v) is 4.40. The summed E-state index contributed by atoms with van der Waals surface area (Å²) >= 11 is 0. The summed E-state index contributed by atoms with van der Waals surface area (Å²) in [6.45, 7) is 1.81. The highest BCUT2D eigenvalue weighted by molar-refractivity contribution is 5.81. The number of carbonyl (C=O) groups is 1. The highest BCUT2D eigenvalue weighted by Gasteiger charge is 2.27. The lowest BCUT2D eigenvalue weighted by Gasteiger charge is -2.32. The second-order valence-corrected chi connectivity index (χ2v) is 6.06. The number of amides is 1. The number of carbonyl (C=O) groups excluding carboxylic acids is 1. The van der Waals surface area contributed by atoms with E-state index in [2.05, 4.69) is 14.5 Å². The lowest BCUT2D eigenvalue weighted by Crippen LogP contribution is -2.39. The molecule has 2 N–H and O–H groups in total. The maximum atomic E-state index is 11.9. The molecule has 5 nitrogen and oxygen atoms in total. The highest BCUT2D eigenvalue weighted by Crippen LogP contribution is 2.24. The summed E-state index contributed by atoms with van der Waals surface area (Å²) in [6, 6.07) is 9.38. The summed E-state index contributed by atoms with van der Waals surface area (Å²) in [5.74, 6) is 1.37. The van der Waals surface area contributed by atoms with Crippen LogP contribution in [0, 0.1) is 5.92 Å². The lowest BCUT2D eigenvalue weighted by molar-refractivity contribution is -0.123. The number of aromatic nitrogens is 2. The van der Waals surface area contributed by atoms with E-state index in [0.29, 0.717) is 5.92 Å². The Morgan fingerprint density at radius 3 is 2.95 bits per heavy atom. The number of benzene rings is 1. The minimum absolute atomic E-state index is 0.298. The molecule has 0 spiro atoms. The Balaban J connectivity index is 1.70. The van der Waals surface area contributed by atoms with E-state index < -0.39 is 0 Å². The molecule has 5 heteroatoms. The average Bonchev–Trinajstić information content (AvgIpc) is 2.95. The Hall–Kier alpha value is -2.14. The molecule has 116 valence electrons. The van der Waals surface area contributed by atoms with Gasteiger partial charge in [-0.05, 0) is 24.9 Å². The van der Waals surface area contributed by atoms with Crippen molar-refractivity contribution < 1.29 is 4.79 Å². The Kier molecular flexibility index (Phi) is 4.24. The van der Waals surface area contributed by atoms with Crippen LogP contribution in [0.2, 0.25) is 0 Å². The van der Waals surface area contributed by atoms with Crippen LogP contribution in [0.1, 0.15) is 23.9 Å². The van der Waals surface area contributed by atoms with Gasteiger partial charge in [-0.2, -0.15) is 0 Å². The quantitative estimate of drug-likeness (QED) is 0.912. The SMILES string of the molecule is CN(CC1CCc2nccn2C1)C(C(N)=O)c1ccccc1. The van der Waals surface area contributed by atoms with Crippen LogP contribution in [0.5, 0.6) is 0 Å². The predicted octanol–water partition coefficient (Wildman–Crippen LogP) is 1.60. The molecule has 1 aliphatic heterocycles. The summed E-state index contributed by atoms with van der Waals surface area (Å²) in [5.41, 5.74) is 6.59. The summed E-state index contributed by atoms with van der Waals surface area (Å²) < 4.78 is 2.21. The highest BCUT2D eigenvalue weighted by atomic mass is 16.1. The molecule has 2 atom stereocenters. The van der Waals surface area contributed by atoms with Gasteiger partial charge in [0.15, 0.2) is 0 Å². The number of hydrogen-bond acceptors (Lipinski definition) is 3. The zero-order valence-corrected chi connectivity index (χ0v) is 12.9. The van der Waals surface area contributed by atoms with Gasteiger partial charge in [0.1, 0.15) is 11.9 Å². The number of hydrogen-bond donors (Lipinski definition) is 1. The second-order valence-electron chi connectivity index (χ2n) is 6.06.